The third-order valence-electron chi connectivity index (χ3n) is 5.69. The van der Waals surface area contributed by atoms with Crippen LogP contribution in [0.3, 0.4) is 0 Å². The molecule has 0 radical (unpaired) electrons. The minimum absolute atomic E-state index is 0.0273. The summed E-state index contributed by atoms with van der Waals surface area (Å²) in [4.78, 5) is 28.9. The number of hydrogen-bond acceptors (Lipinski definition) is 3. The number of nitrogens with zero attached hydrogens (tertiary/aromatic N) is 2. The number of hydrogen-bond donors (Lipinski definition) is 1. The molecule has 0 bridgehead atoms. The lowest BCUT2D eigenvalue weighted by Gasteiger charge is -2.35. The second kappa shape index (κ2) is 11.7. The Morgan fingerprint density at radius 1 is 0.800 bits per heavy atom. The molecule has 0 unspecified atom stereocenters. The predicted molar refractivity (Wildman–Crippen MR) is 145 cm³/mol. The average Bonchev–Trinajstić information content (AvgIpc) is 2.88. The molecule has 1 aliphatic heterocycles. The summed E-state index contributed by atoms with van der Waals surface area (Å²) >= 11 is 12.0. The third-order valence-corrected chi connectivity index (χ3v) is 6.25. The van der Waals surface area contributed by atoms with Crippen LogP contribution >= 0.6 is 23.2 Å². The molecule has 35 heavy (non-hydrogen) atoms. The normalized spacial score (nSPS) is 14.0. The van der Waals surface area contributed by atoms with Crippen LogP contribution in [0.2, 0.25) is 10.0 Å². The molecule has 0 atom stereocenters. The van der Waals surface area contributed by atoms with Crippen LogP contribution in [-0.4, -0.2) is 42.9 Å². The first kappa shape index (κ1) is 24.6. The van der Waals surface area contributed by atoms with Crippen molar-refractivity contribution in [3.05, 3.63) is 106 Å². The molecule has 7 heteroatoms. The fraction of sp³-hybridized carbons (Fsp3) is 0.143. The SMILES string of the molecule is O=C(/C=C/c1ccc(Cl)cc1Cl)Nc1ccc(N2CCN(C(=O)/C=C/c3ccccc3)CC2)cc1. The van der Waals surface area contributed by atoms with Crippen LogP contribution in [0.4, 0.5) is 11.4 Å². The molecule has 3 aromatic carbocycles. The summed E-state index contributed by atoms with van der Waals surface area (Å²) in [6, 6.07) is 22.6. The van der Waals surface area contributed by atoms with Crippen LogP contribution in [0.25, 0.3) is 12.2 Å². The highest BCUT2D eigenvalue weighted by Crippen LogP contribution is 2.23. The molecule has 0 aromatic heterocycles. The lowest BCUT2D eigenvalue weighted by Crippen LogP contribution is -2.48. The molecular weight excluding hydrogens is 481 g/mol. The van der Waals surface area contributed by atoms with Gasteiger partial charge in [0, 0.05) is 59.8 Å². The number of halogens is 2. The Kier molecular flexibility index (Phi) is 8.24. The molecular formula is C28H25Cl2N3O2. The minimum atomic E-state index is -0.251. The zero-order valence-electron chi connectivity index (χ0n) is 19.0. The number of carbonyl (C=O) groups excluding carboxylic acids is 2. The molecule has 1 aliphatic rings. The van der Waals surface area contributed by atoms with Gasteiger partial charge in [-0.05, 0) is 59.7 Å². The van der Waals surface area contributed by atoms with Gasteiger partial charge in [-0.1, -0.05) is 59.6 Å². The van der Waals surface area contributed by atoms with Gasteiger partial charge in [0.1, 0.15) is 0 Å². The van der Waals surface area contributed by atoms with Crippen LogP contribution in [0, 0.1) is 0 Å². The highest BCUT2D eigenvalue weighted by Gasteiger charge is 2.19. The topological polar surface area (TPSA) is 52.7 Å². The number of anilines is 2. The molecule has 0 saturated carbocycles. The number of amides is 2. The average molecular weight is 506 g/mol. The maximum Gasteiger partial charge on any atom is 0.248 e. The number of benzene rings is 3. The molecule has 2 amide bonds. The minimum Gasteiger partial charge on any atom is -0.368 e. The van der Waals surface area contributed by atoms with Gasteiger partial charge in [-0.15, -0.1) is 0 Å². The molecule has 1 heterocycles. The molecule has 1 saturated heterocycles. The maximum atomic E-state index is 12.5. The molecule has 0 aliphatic carbocycles. The number of nitrogens with one attached hydrogen (secondary N) is 1. The predicted octanol–water partition coefficient (Wildman–Crippen LogP) is 6.01. The summed E-state index contributed by atoms with van der Waals surface area (Å²) < 4.78 is 0. The standard InChI is InChI=1S/C28H25Cl2N3O2/c29-23-9-7-22(26(30)20-23)8-14-27(34)31-24-10-12-25(13-11-24)32-16-18-33(19-17-32)28(35)15-6-21-4-2-1-3-5-21/h1-15,20H,16-19H2,(H,31,34)/b14-8+,15-6+. The Hall–Kier alpha value is -3.54. The van der Waals surface area contributed by atoms with Gasteiger partial charge in [0.15, 0.2) is 0 Å². The Morgan fingerprint density at radius 3 is 2.20 bits per heavy atom. The quantitative estimate of drug-likeness (QED) is 0.417. The van der Waals surface area contributed by atoms with Crippen molar-refractivity contribution >= 4 is 58.5 Å². The summed E-state index contributed by atoms with van der Waals surface area (Å²) in [5.41, 5.74) is 3.48. The monoisotopic (exact) mass is 505 g/mol. The van der Waals surface area contributed by atoms with Crippen molar-refractivity contribution in [2.45, 2.75) is 0 Å². The lowest BCUT2D eigenvalue weighted by atomic mass is 10.2. The second-order valence-electron chi connectivity index (χ2n) is 8.09. The molecule has 5 nitrogen and oxygen atoms in total. The van der Waals surface area contributed by atoms with Gasteiger partial charge >= 0.3 is 0 Å². The number of piperazine rings is 1. The van der Waals surface area contributed by atoms with E-state index in [1.165, 1.54) is 6.08 Å². The van der Waals surface area contributed by atoms with Gasteiger partial charge in [-0.25, -0.2) is 0 Å². The van der Waals surface area contributed by atoms with E-state index in [0.29, 0.717) is 28.8 Å². The molecule has 3 aromatic rings. The van der Waals surface area contributed by atoms with Crippen LogP contribution in [0.1, 0.15) is 11.1 Å². The Morgan fingerprint density at radius 2 is 1.51 bits per heavy atom. The molecule has 178 valence electrons. The van der Waals surface area contributed by atoms with Crippen molar-refractivity contribution in [1.29, 1.82) is 0 Å². The molecule has 1 N–H and O–H groups in total. The van der Waals surface area contributed by atoms with Crippen LogP contribution in [-0.2, 0) is 9.59 Å². The van der Waals surface area contributed by atoms with Crippen molar-refractivity contribution in [2.75, 3.05) is 36.4 Å². The van der Waals surface area contributed by atoms with Gasteiger partial charge < -0.3 is 15.1 Å². The van der Waals surface area contributed by atoms with Crippen molar-refractivity contribution in [3.8, 4) is 0 Å². The van der Waals surface area contributed by atoms with Crippen LogP contribution in [0.15, 0.2) is 84.9 Å². The van der Waals surface area contributed by atoms with Gasteiger partial charge in [0.2, 0.25) is 11.8 Å². The van der Waals surface area contributed by atoms with Gasteiger partial charge in [-0.2, -0.15) is 0 Å². The summed E-state index contributed by atoms with van der Waals surface area (Å²) in [6.07, 6.45) is 6.57. The van der Waals surface area contributed by atoms with Crippen LogP contribution < -0.4 is 10.2 Å². The van der Waals surface area contributed by atoms with Crippen LogP contribution in [0.5, 0.6) is 0 Å². The summed E-state index contributed by atoms with van der Waals surface area (Å²) in [5, 5.41) is 3.88. The third kappa shape index (κ3) is 6.98. The van der Waals surface area contributed by atoms with E-state index in [4.69, 9.17) is 23.2 Å². The van der Waals surface area contributed by atoms with E-state index in [1.54, 1.807) is 30.4 Å². The second-order valence-corrected chi connectivity index (χ2v) is 8.94. The van der Waals surface area contributed by atoms with Crippen molar-refractivity contribution in [2.24, 2.45) is 0 Å². The summed E-state index contributed by atoms with van der Waals surface area (Å²) in [5.74, 6) is -0.223. The Bertz CT molecular complexity index is 1230. The summed E-state index contributed by atoms with van der Waals surface area (Å²) in [7, 11) is 0. The number of rotatable bonds is 6. The number of carbonyl (C=O) groups is 2. The van der Waals surface area contributed by atoms with E-state index in [2.05, 4.69) is 10.2 Å². The van der Waals surface area contributed by atoms with E-state index >= 15 is 0 Å². The molecule has 1 fully saturated rings. The van der Waals surface area contributed by atoms with Gasteiger partial charge in [0.25, 0.3) is 0 Å². The first-order chi connectivity index (χ1) is 17.0. The van der Waals surface area contributed by atoms with E-state index in [-0.39, 0.29) is 11.8 Å². The zero-order chi connectivity index (χ0) is 24.6. The first-order valence-electron chi connectivity index (χ1n) is 11.3. The maximum absolute atomic E-state index is 12.5. The Labute approximate surface area is 215 Å². The van der Waals surface area contributed by atoms with E-state index in [9.17, 15) is 9.59 Å². The summed E-state index contributed by atoms with van der Waals surface area (Å²) in [6.45, 7) is 2.82. The fourth-order valence-corrected chi connectivity index (χ4v) is 4.24. The van der Waals surface area contributed by atoms with Crippen molar-refractivity contribution in [3.63, 3.8) is 0 Å². The smallest absolute Gasteiger partial charge is 0.248 e. The fourth-order valence-electron chi connectivity index (χ4n) is 3.76. The van der Waals surface area contributed by atoms with Gasteiger partial charge in [0.05, 0.1) is 0 Å². The zero-order valence-corrected chi connectivity index (χ0v) is 20.5. The van der Waals surface area contributed by atoms with E-state index in [1.807, 2.05) is 65.6 Å². The van der Waals surface area contributed by atoms with E-state index < -0.39 is 0 Å². The van der Waals surface area contributed by atoms with Crippen molar-refractivity contribution in [1.82, 2.24) is 4.90 Å². The first-order valence-corrected chi connectivity index (χ1v) is 12.0. The lowest BCUT2D eigenvalue weighted by molar-refractivity contribution is -0.126. The molecule has 0 spiro atoms. The molecule has 4 rings (SSSR count). The highest BCUT2D eigenvalue weighted by molar-refractivity contribution is 6.35. The van der Waals surface area contributed by atoms with E-state index in [0.717, 1.165) is 29.9 Å². The largest absolute Gasteiger partial charge is 0.368 e. The Balaban J connectivity index is 1.27. The highest BCUT2D eigenvalue weighted by atomic mass is 35.5. The van der Waals surface area contributed by atoms with Gasteiger partial charge in [-0.3, -0.25) is 9.59 Å². The van der Waals surface area contributed by atoms with Crippen molar-refractivity contribution < 1.29 is 9.59 Å².